The highest BCUT2D eigenvalue weighted by atomic mass is 16.2. The van der Waals surface area contributed by atoms with Crippen LogP contribution in [-0.4, -0.2) is 87.6 Å². The van der Waals surface area contributed by atoms with Crippen LogP contribution in [0.2, 0.25) is 0 Å². The SMILES string of the molecule is CC(C)[C@@H](NC(=O)[C@@H]1C=C2c3cccc4[nH]cc(c34)C[C@H]2N(C)C1)C(=O)N1C(=O)[C@H]2CCCN2C(=O)[C@@H]1Cc1ccccc1. The molecule has 44 heavy (non-hydrogen) atoms. The van der Waals surface area contributed by atoms with Crippen LogP contribution >= 0.6 is 0 Å². The number of H-pyrrole nitrogens is 1. The van der Waals surface area contributed by atoms with Gasteiger partial charge in [-0.1, -0.05) is 62.4 Å². The van der Waals surface area contributed by atoms with Gasteiger partial charge < -0.3 is 15.2 Å². The van der Waals surface area contributed by atoms with E-state index in [4.69, 9.17) is 0 Å². The summed E-state index contributed by atoms with van der Waals surface area (Å²) < 4.78 is 0. The van der Waals surface area contributed by atoms with Gasteiger partial charge in [-0.2, -0.15) is 0 Å². The Morgan fingerprint density at radius 2 is 1.82 bits per heavy atom. The summed E-state index contributed by atoms with van der Waals surface area (Å²) in [5.41, 5.74) is 5.51. The minimum Gasteiger partial charge on any atom is -0.361 e. The molecule has 9 nitrogen and oxygen atoms in total. The molecule has 1 aromatic heterocycles. The van der Waals surface area contributed by atoms with Crippen LogP contribution < -0.4 is 5.32 Å². The number of aromatic amines is 1. The van der Waals surface area contributed by atoms with Crippen molar-refractivity contribution >= 4 is 40.1 Å². The summed E-state index contributed by atoms with van der Waals surface area (Å²) in [6.45, 7) is 4.77. The number of carbonyl (C=O) groups is 4. The van der Waals surface area contributed by atoms with E-state index in [2.05, 4.69) is 39.6 Å². The van der Waals surface area contributed by atoms with Gasteiger partial charge in [-0.25, -0.2) is 0 Å². The molecule has 228 valence electrons. The summed E-state index contributed by atoms with van der Waals surface area (Å²) in [6, 6.07) is 13.4. The van der Waals surface area contributed by atoms with Gasteiger partial charge in [0.1, 0.15) is 18.1 Å². The number of amides is 4. The second-order valence-corrected chi connectivity index (χ2v) is 13.1. The van der Waals surface area contributed by atoms with E-state index in [0.717, 1.165) is 35.1 Å². The molecule has 2 N–H and O–H groups in total. The summed E-state index contributed by atoms with van der Waals surface area (Å²) in [4.78, 5) is 64.3. The first-order valence-electron chi connectivity index (χ1n) is 15.8. The fraction of sp³-hybridized carbons (Fsp3) is 0.429. The summed E-state index contributed by atoms with van der Waals surface area (Å²) in [5, 5.41) is 4.24. The number of hydrogen-bond acceptors (Lipinski definition) is 5. The van der Waals surface area contributed by atoms with Crippen molar-refractivity contribution in [2.24, 2.45) is 11.8 Å². The fourth-order valence-corrected chi connectivity index (χ4v) is 7.72. The van der Waals surface area contributed by atoms with Crippen molar-refractivity contribution in [3.63, 3.8) is 0 Å². The molecule has 9 heteroatoms. The number of benzene rings is 2. The molecule has 0 radical (unpaired) electrons. The first-order valence-corrected chi connectivity index (χ1v) is 15.8. The molecule has 3 aromatic rings. The first-order chi connectivity index (χ1) is 21.2. The number of likely N-dealkylation sites (N-methyl/N-ethyl adjacent to an activating group) is 1. The monoisotopic (exact) mass is 593 g/mol. The van der Waals surface area contributed by atoms with Crippen molar-refractivity contribution in [3.05, 3.63) is 77.5 Å². The molecule has 0 saturated carbocycles. The van der Waals surface area contributed by atoms with Crippen LogP contribution in [0.25, 0.3) is 16.5 Å². The van der Waals surface area contributed by atoms with Crippen molar-refractivity contribution < 1.29 is 19.2 Å². The Hall–Kier alpha value is -4.24. The van der Waals surface area contributed by atoms with E-state index in [0.29, 0.717) is 19.5 Å². The second-order valence-electron chi connectivity index (χ2n) is 13.1. The third-order valence-electron chi connectivity index (χ3n) is 10.00. The Morgan fingerprint density at radius 1 is 1.02 bits per heavy atom. The first kappa shape index (κ1) is 28.5. The zero-order chi connectivity index (χ0) is 30.7. The lowest BCUT2D eigenvalue weighted by Gasteiger charge is -2.43. The topological polar surface area (TPSA) is 106 Å². The standard InChI is InChI=1S/C35H39N5O4/c1-20(2)31(35(44)40-29(15-21-9-5-4-6-10-21)33(42)39-14-8-13-27(39)34(40)43)37-32(41)23-16-25-24-11-7-12-26-30(24)22(18-36-26)17-28(25)38(3)19-23/h4-7,9-12,16,18,20,23,27-29,31,36H,8,13-15,17,19H2,1-3H3,(H,37,41)/t23-,27-,28-,29+,31-/m1/s1. The van der Waals surface area contributed by atoms with Crippen LogP contribution in [0.1, 0.15) is 43.4 Å². The Bertz CT molecular complexity index is 1680. The van der Waals surface area contributed by atoms with Gasteiger partial charge in [0.25, 0.3) is 11.8 Å². The minimum absolute atomic E-state index is 0.167. The third kappa shape index (κ3) is 4.65. The van der Waals surface area contributed by atoms with Crippen molar-refractivity contribution in [1.29, 1.82) is 0 Å². The maximum atomic E-state index is 14.3. The molecule has 7 rings (SSSR count). The quantitative estimate of drug-likeness (QED) is 0.457. The lowest BCUT2D eigenvalue weighted by Crippen LogP contribution is -2.68. The normalized spacial score (nSPS) is 25.6. The van der Waals surface area contributed by atoms with E-state index in [9.17, 15) is 19.2 Å². The van der Waals surface area contributed by atoms with Gasteiger partial charge in [-0.05, 0) is 60.6 Å². The van der Waals surface area contributed by atoms with Crippen LogP contribution in [0.4, 0.5) is 0 Å². The molecule has 3 aliphatic heterocycles. The van der Waals surface area contributed by atoms with E-state index < -0.39 is 30.0 Å². The molecule has 5 atom stereocenters. The fourth-order valence-electron chi connectivity index (χ4n) is 7.72. The maximum absolute atomic E-state index is 14.3. The Morgan fingerprint density at radius 3 is 2.59 bits per heavy atom. The summed E-state index contributed by atoms with van der Waals surface area (Å²) in [5.74, 6) is -2.06. The van der Waals surface area contributed by atoms with Gasteiger partial charge >= 0.3 is 0 Å². The van der Waals surface area contributed by atoms with Crippen LogP contribution in [0.3, 0.4) is 0 Å². The summed E-state index contributed by atoms with van der Waals surface area (Å²) >= 11 is 0. The Kier molecular flexibility index (Phi) is 7.16. The number of rotatable bonds is 6. The molecule has 2 fully saturated rings. The van der Waals surface area contributed by atoms with Crippen LogP contribution in [0.15, 0.2) is 60.8 Å². The number of nitrogens with one attached hydrogen (secondary N) is 2. The molecule has 0 unspecified atom stereocenters. The van der Waals surface area contributed by atoms with Gasteiger partial charge in [0.15, 0.2) is 0 Å². The lowest BCUT2D eigenvalue weighted by atomic mass is 9.79. The molecule has 1 aliphatic carbocycles. The maximum Gasteiger partial charge on any atom is 0.252 e. The number of carbonyl (C=O) groups excluding carboxylic acids is 4. The van der Waals surface area contributed by atoms with Crippen molar-refractivity contribution in [1.82, 2.24) is 25.0 Å². The van der Waals surface area contributed by atoms with Gasteiger partial charge in [0, 0.05) is 42.7 Å². The van der Waals surface area contributed by atoms with Crippen molar-refractivity contribution in [3.8, 4) is 0 Å². The average molecular weight is 594 g/mol. The van der Waals surface area contributed by atoms with Crippen LogP contribution in [-0.2, 0) is 32.0 Å². The van der Waals surface area contributed by atoms with Gasteiger partial charge in [-0.3, -0.25) is 29.0 Å². The largest absolute Gasteiger partial charge is 0.361 e. The summed E-state index contributed by atoms with van der Waals surface area (Å²) in [7, 11) is 2.04. The van der Waals surface area contributed by atoms with Crippen LogP contribution in [0.5, 0.6) is 0 Å². The zero-order valence-corrected chi connectivity index (χ0v) is 25.5. The Labute approximate surface area is 257 Å². The molecule has 4 aliphatic rings. The molecular weight excluding hydrogens is 554 g/mol. The smallest absolute Gasteiger partial charge is 0.252 e. The number of fused-ring (bicyclic) bond motifs is 3. The molecule has 4 amide bonds. The van der Waals surface area contributed by atoms with E-state index in [1.54, 1.807) is 4.90 Å². The summed E-state index contributed by atoms with van der Waals surface area (Å²) in [6.07, 6.45) is 6.54. The van der Waals surface area contributed by atoms with E-state index in [1.807, 2.05) is 57.3 Å². The number of aromatic nitrogens is 1. The predicted molar refractivity (Wildman–Crippen MR) is 167 cm³/mol. The molecule has 2 saturated heterocycles. The molecular formula is C35H39N5O4. The average Bonchev–Trinajstić information content (AvgIpc) is 3.68. The van der Waals surface area contributed by atoms with E-state index in [-0.39, 0.29) is 36.1 Å². The van der Waals surface area contributed by atoms with Gasteiger partial charge in [0.2, 0.25) is 11.8 Å². The molecule has 0 bridgehead atoms. The highest BCUT2D eigenvalue weighted by Crippen LogP contribution is 2.41. The third-order valence-corrected chi connectivity index (χ3v) is 10.00. The molecule has 2 aromatic carbocycles. The van der Waals surface area contributed by atoms with Gasteiger partial charge in [-0.15, -0.1) is 0 Å². The number of nitrogens with zero attached hydrogens (tertiary/aromatic N) is 3. The zero-order valence-electron chi connectivity index (χ0n) is 25.5. The van der Waals surface area contributed by atoms with E-state index >= 15 is 0 Å². The van der Waals surface area contributed by atoms with E-state index in [1.165, 1.54) is 15.8 Å². The predicted octanol–water partition coefficient (Wildman–Crippen LogP) is 3.15. The van der Waals surface area contributed by atoms with Gasteiger partial charge in [0.05, 0.1) is 5.92 Å². The molecule has 4 heterocycles. The molecule has 0 spiro atoms. The van der Waals surface area contributed by atoms with Crippen molar-refractivity contribution in [2.45, 2.75) is 63.7 Å². The second kappa shape index (κ2) is 11.0. The number of hydrogen-bond donors (Lipinski definition) is 2. The number of imide groups is 1. The highest BCUT2D eigenvalue weighted by molar-refractivity contribution is 6.09. The minimum atomic E-state index is -0.946. The van der Waals surface area contributed by atoms with Crippen LogP contribution in [0, 0.1) is 11.8 Å². The highest BCUT2D eigenvalue weighted by Gasteiger charge is 2.51. The number of piperazine rings is 1. The Balaban J connectivity index is 1.17. The lowest BCUT2D eigenvalue weighted by molar-refractivity contribution is -0.167. The van der Waals surface area contributed by atoms with Crippen molar-refractivity contribution in [2.75, 3.05) is 20.1 Å².